The van der Waals surface area contributed by atoms with E-state index in [9.17, 15) is 5.11 Å². The number of aliphatic hydroxyl groups excluding tert-OH is 1. The maximum atomic E-state index is 9.97. The summed E-state index contributed by atoms with van der Waals surface area (Å²) < 4.78 is 6.42. The van der Waals surface area contributed by atoms with E-state index in [4.69, 9.17) is 4.74 Å². The Balaban J connectivity index is 0.00000289. The topological polar surface area (TPSA) is 29.5 Å². The van der Waals surface area contributed by atoms with Gasteiger partial charge in [-0.05, 0) is 26.0 Å². The maximum Gasteiger partial charge on any atom is 0.137 e. The molecule has 3 nitrogen and oxygen atoms in total. The first-order chi connectivity index (χ1) is 8.09. The number of aliphatic hydroxyl groups is 1. The smallest absolute Gasteiger partial charge is 0.137 e. The average Bonchev–Trinajstić information content (AvgIpc) is 2.37. The fourth-order valence-electron chi connectivity index (χ4n) is 1.75. The Morgan fingerprint density at radius 1 is 1.17 bits per heavy atom. The number of hydrogen-bond acceptors (Lipinski definition) is 2. The molecule has 1 unspecified atom stereocenters. The van der Waals surface area contributed by atoms with Crippen LogP contribution < -0.4 is 28.7 Å². The molecule has 1 aromatic rings. The first-order valence-electron chi connectivity index (χ1n) is 6.29. The van der Waals surface area contributed by atoms with Gasteiger partial charge in [0.15, 0.2) is 0 Å². The number of ether oxygens (including phenoxy) is 1. The zero-order chi connectivity index (χ0) is 12.7. The molecular formula is C14H24INO2. The summed E-state index contributed by atoms with van der Waals surface area (Å²) in [5.74, 6) is 0.814. The summed E-state index contributed by atoms with van der Waals surface area (Å²) in [6.07, 6.45) is -0.417. The predicted octanol–water partition coefficient (Wildman–Crippen LogP) is -1.08. The highest BCUT2D eigenvalue weighted by Crippen LogP contribution is 2.10. The molecule has 104 valence electrons. The number of rotatable bonds is 7. The van der Waals surface area contributed by atoms with Crippen LogP contribution in [0.4, 0.5) is 0 Å². The highest BCUT2D eigenvalue weighted by atomic mass is 127. The monoisotopic (exact) mass is 365 g/mol. The SMILES string of the molecule is CC[N+](C)(CC)CC(O)COc1ccccc1.[I-]. The molecule has 1 atom stereocenters. The molecule has 18 heavy (non-hydrogen) atoms. The standard InChI is InChI=1S/C14H24NO2.HI/c1-4-15(3,5-2)11-13(16)12-17-14-9-7-6-8-10-14;/h6-10,13,16H,4-5,11-12H2,1-3H3;1H/q+1;/p-1. The summed E-state index contributed by atoms with van der Waals surface area (Å²) in [7, 11) is 2.16. The highest BCUT2D eigenvalue weighted by Gasteiger charge is 2.21. The zero-order valence-corrected chi connectivity index (χ0v) is 13.6. The molecule has 0 spiro atoms. The molecule has 0 bridgehead atoms. The number of halogens is 1. The predicted molar refractivity (Wildman–Crippen MR) is 70.1 cm³/mol. The summed E-state index contributed by atoms with van der Waals surface area (Å²) in [4.78, 5) is 0. The zero-order valence-electron chi connectivity index (χ0n) is 11.5. The van der Waals surface area contributed by atoms with Gasteiger partial charge < -0.3 is 38.3 Å². The maximum absolute atomic E-state index is 9.97. The molecule has 0 fully saturated rings. The van der Waals surface area contributed by atoms with Crippen LogP contribution in [0.1, 0.15) is 13.8 Å². The van der Waals surface area contributed by atoms with E-state index in [1.54, 1.807) is 0 Å². The molecule has 0 aliphatic heterocycles. The second-order valence-electron chi connectivity index (χ2n) is 4.71. The minimum Gasteiger partial charge on any atom is -1.00 e. The molecule has 0 saturated carbocycles. The molecule has 4 heteroatoms. The Bertz CT molecular complexity index is 315. The quantitative estimate of drug-likeness (QED) is 0.492. The Morgan fingerprint density at radius 2 is 1.72 bits per heavy atom. The van der Waals surface area contributed by atoms with Gasteiger partial charge in [-0.2, -0.15) is 0 Å². The van der Waals surface area contributed by atoms with Crippen LogP contribution in [-0.4, -0.2) is 49.0 Å². The Kier molecular flexibility index (Phi) is 8.56. The van der Waals surface area contributed by atoms with Crippen molar-refractivity contribution in [3.05, 3.63) is 30.3 Å². The van der Waals surface area contributed by atoms with Crippen molar-refractivity contribution < 1.29 is 38.3 Å². The molecule has 1 aromatic carbocycles. The van der Waals surface area contributed by atoms with Crippen LogP contribution >= 0.6 is 0 Å². The summed E-state index contributed by atoms with van der Waals surface area (Å²) in [6, 6.07) is 9.62. The van der Waals surface area contributed by atoms with Gasteiger partial charge in [-0.25, -0.2) is 0 Å². The number of benzene rings is 1. The number of nitrogens with zero attached hydrogens (tertiary/aromatic N) is 1. The second-order valence-corrected chi connectivity index (χ2v) is 4.71. The first-order valence-corrected chi connectivity index (χ1v) is 6.29. The normalized spacial score (nSPS) is 12.7. The van der Waals surface area contributed by atoms with Gasteiger partial charge in [-0.15, -0.1) is 0 Å². The molecule has 0 heterocycles. The van der Waals surface area contributed by atoms with Crippen molar-refractivity contribution in [3.63, 3.8) is 0 Å². The van der Waals surface area contributed by atoms with E-state index in [0.29, 0.717) is 6.61 Å². The van der Waals surface area contributed by atoms with Crippen molar-refractivity contribution in [2.45, 2.75) is 20.0 Å². The number of likely N-dealkylation sites (N-methyl/N-ethyl adjacent to an activating group) is 1. The third kappa shape index (κ3) is 6.02. The molecule has 0 aliphatic carbocycles. The largest absolute Gasteiger partial charge is 1.00 e. The molecular weight excluding hydrogens is 341 g/mol. The third-order valence-electron chi connectivity index (χ3n) is 3.36. The number of quaternary nitrogens is 1. The van der Waals surface area contributed by atoms with Gasteiger partial charge in [-0.1, -0.05) is 18.2 Å². The van der Waals surface area contributed by atoms with E-state index in [-0.39, 0.29) is 24.0 Å². The molecule has 0 aliphatic rings. The molecule has 0 radical (unpaired) electrons. The van der Waals surface area contributed by atoms with Crippen LogP contribution in [0, 0.1) is 0 Å². The van der Waals surface area contributed by atoms with E-state index in [1.807, 2.05) is 30.3 Å². The first kappa shape index (κ1) is 17.7. The Morgan fingerprint density at radius 3 is 2.22 bits per heavy atom. The molecule has 0 saturated heterocycles. The van der Waals surface area contributed by atoms with Gasteiger partial charge in [0.25, 0.3) is 0 Å². The van der Waals surface area contributed by atoms with E-state index in [0.717, 1.165) is 29.9 Å². The highest BCUT2D eigenvalue weighted by molar-refractivity contribution is 5.20. The van der Waals surface area contributed by atoms with Crippen molar-refractivity contribution in [1.29, 1.82) is 0 Å². The van der Waals surface area contributed by atoms with Crippen LogP contribution in [0.15, 0.2) is 30.3 Å². The molecule has 1 rings (SSSR count). The van der Waals surface area contributed by atoms with Gasteiger partial charge in [-0.3, -0.25) is 0 Å². The van der Waals surface area contributed by atoms with E-state index >= 15 is 0 Å². The van der Waals surface area contributed by atoms with Crippen molar-refractivity contribution in [3.8, 4) is 5.75 Å². The Labute approximate surface area is 127 Å². The lowest BCUT2D eigenvalue weighted by atomic mass is 10.3. The summed E-state index contributed by atoms with van der Waals surface area (Å²) in [6.45, 7) is 7.44. The molecule has 1 N–H and O–H groups in total. The summed E-state index contributed by atoms with van der Waals surface area (Å²) >= 11 is 0. The summed E-state index contributed by atoms with van der Waals surface area (Å²) in [5.41, 5.74) is 0. The van der Waals surface area contributed by atoms with E-state index < -0.39 is 6.10 Å². The van der Waals surface area contributed by atoms with Crippen molar-refractivity contribution in [1.82, 2.24) is 0 Å². The van der Waals surface area contributed by atoms with Crippen molar-refractivity contribution in [2.75, 3.05) is 33.3 Å². The molecule has 0 aromatic heterocycles. The van der Waals surface area contributed by atoms with E-state index in [2.05, 4.69) is 20.9 Å². The van der Waals surface area contributed by atoms with Crippen molar-refractivity contribution >= 4 is 0 Å². The lowest BCUT2D eigenvalue weighted by molar-refractivity contribution is -0.909. The Hall–Kier alpha value is -0.330. The molecule has 0 amide bonds. The summed E-state index contributed by atoms with van der Waals surface area (Å²) in [5, 5.41) is 9.97. The van der Waals surface area contributed by atoms with Gasteiger partial charge >= 0.3 is 0 Å². The van der Waals surface area contributed by atoms with E-state index in [1.165, 1.54) is 0 Å². The van der Waals surface area contributed by atoms with Gasteiger partial charge in [0.1, 0.15) is 25.0 Å². The minimum absolute atomic E-state index is 0. The van der Waals surface area contributed by atoms with Gasteiger partial charge in [0.2, 0.25) is 0 Å². The fourth-order valence-corrected chi connectivity index (χ4v) is 1.75. The minimum atomic E-state index is -0.417. The lowest BCUT2D eigenvalue weighted by Crippen LogP contribution is -3.00. The van der Waals surface area contributed by atoms with Crippen LogP contribution in [-0.2, 0) is 0 Å². The fraction of sp³-hybridized carbons (Fsp3) is 0.571. The second kappa shape index (κ2) is 8.72. The lowest BCUT2D eigenvalue weighted by Gasteiger charge is -2.33. The third-order valence-corrected chi connectivity index (χ3v) is 3.36. The van der Waals surface area contributed by atoms with Crippen LogP contribution in [0.2, 0.25) is 0 Å². The van der Waals surface area contributed by atoms with Crippen molar-refractivity contribution in [2.24, 2.45) is 0 Å². The van der Waals surface area contributed by atoms with Gasteiger partial charge in [0, 0.05) is 0 Å². The number of para-hydroxylation sites is 1. The van der Waals surface area contributed by atoms with Crippen LogP contribution in [0.5, 0.6) is 5.75 Å². The van der Waals surface area contributed by atoms with Crippen LogP contribution in [0.25, 0.3) is 0 Å². The van der Waals surface area contributed by atoms with Crippen LogP contribution in [0.3, 0.4) is 0 Å². The number of hydrogen-bond donors (Lipinski definition) is 1. The van der Waals surface area contributed by atoms with Gasteiger partial charge in [0.05, 0.1) is 20.1 Å². The average molecular weight is 365 g/mol.